The molecule has 1 saturated heterocycles. The van der Waals surface area contributed by atoms with Crippen molar-refractivity contribution in [3.05, 3.63) is 48.0 Å². The minimum Gasteiger partial charge on any atom is -0.508 e. The van der Waals surface area contributed by atoms with Gasteiger partial charge in [0, 0.05) is 24.2 Å². The van der Waals surface area contributed by atoms with E-state index < -0.39 is 6.04 Å². The highest BCUT2D eigenvalue weighted by atomic mass is 16.5. The van der Waals surface area contributed by atoms with Gasteiger partial charge < -0.3 is 20.5 Å². The number of amides is 2. The van der Waals surface area contributed by atoms with Crippen LogP contribution in [0.25, 0.3) is 0 Å². The highest BCUT2D eigenvalue weighted by Gasteiger charge is 2.30. The quantitative estimate of drug-likeness (QED) is 0.490. The molecule has 8 heteroatoms. The molecule has 2 aromatic rings. The zero-order chi connectivity index (χ0) is 20.8. The minimum atomic E-state index is -0.413. The van der Waals surface area contributed by atoms with Gasteiger partial charge in [-0.05, 0) is 42.7 Å². The summed E-state index contributed by atoms with van der Waals surface area (Å²) in [6.45, 7) is 1.94. The number of ether oxygens (including phenoxy) is 1. The number of carbonyl (C=O) groups excluding carboxylic acids is 2. The zero-order valence-electron chi connectivity index (χ0n) is 16.5. The Labute approximate surface area is 169 Å². The number of phenols is 1. The SMILES string of the molecule is CCCC(=O)Nc1ccc(NC(=O)C2CC(c3ccc(O)cc3)NN2)cc1OC. The number of carbonyl (C=O) groups is 2. The molecule has 2 unspecified atom stereocenters. The van der Waals surface area contributed by atoms with Crippen LogP contribution in [0.4, 0.5) is 11.4 Å². The van der Waals surface area contributed by atoms with E-state index in [1.165, 1.54) is 7.11 Å². The molecule has 0 radical (unpaired) electrons. The topological polar surface area (TPSA) is 112 Å². The van der Waals surface area contributed by atoms with Gasteiger partial charge in [-0.3, -0.25) is 9.59 Å². The van der Waals surface area contributed by atoms with Gasteiger partial charge in [-0.15, -0.1) is 0 Å². The van der Waals surface area contributed by atoms with Crippen molar-refractivity contribution in [3.63, 3.8) is 0 Å². The summed E-state index contributed by atoms with van der Waals surface area (Å²) in [6.07, 6.45) is 1.76. The van der Waals surface area contributed by atoms with Gasteiger partial charge in [-0.25, -0.2) is 10.9 Å². The number of nitrogens with one attached hydrogen (secondary N) is 4. The Balaban J connectivity index is 1.61. The van der Waals surface area contributed by atoms with Gasteiger partial charge in [0.05, 0.1) is 12.8 Å². The number of hydrogen-bond donors (Lipinski definition) is 5. The molecule has 154 valence electrons. The second-order valence-corrected chi connectivity index (χ2v) is 6.92. The average Bonchev–Trinajstić information content (AvgIpc) is 3.20. The molecule has 1 fully saturated rings. The first kappa shape index (κ1) is 20.6. The van der Waals surface area contributed by atoms with Crippen LogP contribution < -0.4 is 26.2 Å². The van der Waals surface area contributed by atoms with Crippen LogP contribution >= 0.6 is 0 Å². The number of hydrazine groups is 1. The Kier molecular flexibility index (Phi) is 6.69. The Morgan fingerprint density at radius 1 is 1.14 bits per heavy atom. The van der Waals surface area contributed by atoms with Gasteiger partial charge in [0.1, 0.15) is 17.5 Å². The van der Waals surface area contributed by atoms with Gasteiger partial charge in [0.15, 0.2) is 0 Å². The predicted octanol–water partition coefficient (Wildman–Crippen LogP) is 2.69. The van der Waals surface area contributed by atoms with E-state index in [1.807, 2.05) is 19.1 Å². The van der Waals surface area contributed by atoms with Crippen LogP contribution in [0.5, 0.6) is 11.5 Å². The lowest BCUT2D eigenvalue weighted by atomic mass is 10.0. The van der Waals surface area contributed by atoms with Gasteiger partial charge in [-0.2, -0.15) is 0 Å². The molecule has 1 aliphatic rings. The summed E-state index contributed by atoms with van der Waals surface area (Å²) in [7, 11) is 1.51. The number of benzene rings is 2. The van der Waals surface area contributed by atoms with Crippen molar-refractivity contribution >= 4 is 23.2 Å². The molecule has 5 N–H and O–H groups in total. The van der Waals surface area contributed by atoms with Gasteiger partial charge in [-0.1, -0.05) is 19.1 Å². The maximum Gasteiger partial charge on any atom is 0.242 e. The highest BCUT2D eigenvalue weighted by Crippen LogP contribution is 2.29. The lowest BCUT2D eigenvalue weighted by Gasteiger charge is -2.14. The molecule has 2 atom stereocenters. The Morgan fingerprint density at radius 2 is 1.90 bits per heavy atom. The number of methoxy groups -OCH3 is 1. The van der Waals surface area contributed by atoms with Crippen LogP contribution in [0, 0.1) is 0 Å². The summed E-state index contributed by atoms with van der Waals surface area (Å²) in [5, 5.41) is 15.1. The Morgan fingerprint density at radius 3 is 2.59 bits per heavy atom. The normalized spacial score (nSPS) is 18.3. The van der Waals surface area contributed by atoms with Crippen molar-refractivity contribution in [1.29, 1.82) is 0 Å². The maximum atomic E-state index is 12.6. The minimum absolute atomic E-state index is 0.0305. The smallest absolute Gasteiger partial charge is 0.242 e. The molecular formula is C21H26N4O4. The molecule has 29 heavy (non-hydrogen) atoms. The largest absolute Gasteiger partial charge is 0.508 e. The van der Waals surface area contributed by atoms with Crippen LogP contribution in [0.1, 0.15) is 37.8 Å². The molecular weight excluding hydrogens is 372 g/mol. The third kappa shape index (κ3) is 5.24. The fourth-order valence-corrected chi connectivity index (χ4v) is 3.19. The molecule has 2 amide bonds. The van der Waals surface area contributed by atoms with Crippen LogP contribution in [0.3, 0.4) is 0 Å². The molecule has 3 rings (SSSR count). The molecule has 0 aliphatic carbocycles. The molecule has 0 spiro atoms. The summed E-state index contributed by atoms with van der Waals surface area (Å²) in [5.41, 5.74) is 8.25. The maximum absolute atomic E-state index is 12.6. The highest BCUT2D eigenvalue weighted by molar-refractivity contribution is 5.96. The summed E-state index contributed by atoms with van der Waals surface area (Å²) < 4.78 is 5.34. The molecule has 1 heterocycles. The molecule has 8 nitrogen and oxygen atoms in total. The fraction of sp³-hybridized carbons (Fsp3) is 0.333. The second-order valence-electron chi connectivity index (χ2n) is 6.92. The first-order chi connectivity index (χ1) is 14.0. The van der Waals surface area contributed by atoms with Gasteiger partial charge >= 0.3 is 0 Å². The number of aromatic hydroxyl groups is 1. The monoisotopic (exact) mass is 398 g/mol. The number of anilines is 2. The number of hydrogen-bond acceptors (Lipinski definition) is 6. The molecule has 0 aromatic heterocycles. The van der Waals surface area contributed by atoms with Crippen LogP contribution in [0.2, 0.25) is 0 Å². The standard InChI is InChI=1S/C21H26N4O4/c1-3-4-20(27)23-16-10-7-14(11-19(16)29-2)22-21(28)18-12-17(24-25-18)13-5-8-15(26)9-6-13/h5-11,17-18,24-26H,3-4,12H2,1-2H3,(H,22,28)(H,23,27). The first-order valence-corrected chi connectivity index (χ1v) is 9.59. The number of rotatable bonds is 7. The van der Waals surface area contributed by atoms with E-state index in [1.54, 1.807) is 30.3 Å². The van der Waals surface area contributed by atoms with Crippen molar-refractivity contribution in [2.24, 2.45) is 0 Å². The van der Waals surface area contributed by atoms with Crippen molar-refractivity contribution in [2.45, 2.75) is 38.3 Å². The van der Waals surface area contributed by atoms with E-state index >= 15 is 0 Å². The lowest BCUT2D eigenvalue weighted by molar-refractivity contribution is -0.118. The predicted molar refractivity (Wildman–Crippen MR) is 111 cm³/mol. The summed E-state index contributed by atoms with van der Waals surface area (Å²) in [6, 6.07) is 11.6. The zero-order valence-corrected chi connectivity index (χ0v) is 16.5. The average molecular weight is 398 g/mol. The first-order valence-electron chi connectivity index (χ1n) is 9.59. The molecule has 0 bridgehead atoms. The summed E-state index contributed by atoms with van der Waals surface area (Å²) in [4.78, 5) is 24.4. The van der Waals surface area contributed by atoms with Crippen LogP contribution in [0.15, 0.2) is 42.5 Å². The summed E-state index contributed by atoms with van der Waals surface area (Å²) in [5.74, 6) is 0.427. The lowest BCUT2D eigenvalue weighted by Crippen LogP contribution is -2.39. The fourth-order valence-electron chi connectivity index (χ4n) is 3.19. The third-order valence-corrected chi connectivity index (χ3v) is 4.74. The van der Waals surface area contributed by atoms with Crippen molar-refractivity contribution in [1.82, 2.24) is 10.9 Å². The van der Waals surface area contributed by atoms with E-state index in [0.717, 1.165) is 12.0 Å². The van der Waals surface area contributed by atoms with Crippen LogP contribution in [-0.2, 0) is 9.59 Å². The van der Waals surface area contributed by atoms with Crippen LogP contribution in [-0.4, -0.2) is 30.1 Å². The van der Waals surface area contributed by atoms with E-state index in [0.29, 0.717) is 30.0 Å². The van der Waals surface area contributed by atoms with E-state index in [-0.39, 0.29) is 23.6 Å². The van der Waals surface area contributed by atoms with Crippen molar-refractivity contribution in [2.75, 3.05) is 17.7 Å². The van der Waals surface area contributed by atoms with E-state index in [9.17, 15) is 14.7 Å². The summed E-state index contributed by atoms with van der Waals surface area (Å²) >= 11 is 0. The Bertz CT molecular complexity index is 869. The van der Waals surface area contributed by atoms with Gasteiger partial charge in [0.25, 0.3) is 0 Å². The third-order valence-electron chi connectivity index (χ3n) is 4.74. The Hall–Kier alpha value is -3.10. The van der Waals surface area contributed by atoms with Gasteiger partial charge in [0.2, 0.25) is 11.8 Å². The van der Waals surface area contributed by atoms with Crippen molar-refractivity contribution in [3.8, 4) is 11.5 Å². The molecule has 1 aliphatic heterocycles. The number of phenolic OH excluding ortho intramolecular Hbond substituents is 1. The van der Waals surface area contributed by atoms with Crippen molar-refractivity contribution < 1.29 is 19.4 Å². The van der Waals surface area contributed by atoms with E-state index in [4.69, 9.17) is 4.74 Å². The molecule has 2 aromatic carbocycles. The second kappa shape index (κ2) is 9.40. The van der Waals surface area contributed by atoms with E-state index in [2.05, 4.69) is 21.5 Å². The molecule has 0 saturated carbocycles.